The number of rotatable bonds is 6. The van der Waals surface area contributed by atoms with Gasteiger partial charge in [0.05, 0.1) is 12.2 Å². The molecule has 6 N–H and O–H groups in total. The van der Waals surface area contributed by atoms with E-state index in [4.69, 9.17) is 9.47 Å². The third-order valence-corrected chi connectivity index (χ3v) is 4.65. The second-order valence-corrected chi connectivity index (χ2v) is 6.78. The number of ether oxygens (including phenoxy) is 2. The van der Waals surface area contributed by atoms with Gasteiger partial charge in [0.15, 0.2) is 5.78 Å². The van der Waals surface area contributed by atoms with Gasteiger partial charge in [-0.2, -0.15) is 0 Å². The van der Waals surface area contributed by atoms with Crippen molar-refractivity contribution in [1.82, 2.24) is 0 Å². The van der Waals surface area contributed by atoms with Crippen LogP contribution >= 0.6 is 0 Å². The monoisotopic (exact) mass is 418 g/mol. The van der Waals surface area contributed by atoms with Crippen molar-refractivity contribution in [2.45, 2.75) is 30.7 Å². The van der Waals surface area contributed by atoms with Gasteiger partial charge in [0.25, 0.3) is 0 Å². The highest BCUT2D eigenvalue weighted by atomic mass is 16.7. The minimum Gasteiger partial charge on any atom is -0.508 e. The maximum Gasteiger partial charge on any atom is 0.229 e. The first kappa shape index (κ1) is 21.8. The van der Waals surface area contributed by atoms with Crippen LogP contribution in [0.1, 0.15) is 15.9 Å². The molecule has 3 rings (SSSR count). The van der Waals surface area contributed by atoms with Gasteiger partial charge in [-0.15, -0.1) is 0 Å². The molecule has 1 fully saturated rings. The van der Waals surface area contributed by atoms with Gasteiger partial charge in [-0.05, 0) is 35.9 Å². The quantitative estimate of drug-likeness (QED) is 0.284. The Morgan fingerprint density at radius 1 is 1.00 bits per heavy atom. The molecule has 0 aliphatic carbocycles. The molecule has 0 aromatic heterocycles. The van der Waals surface area contributed by atoms with E-state index in [0.717, 1.165) is 6.07 Å². The Morgan fingerprint density at radius 2 is 1.70 bits per heavy atom. The molecule has 0 bridgehead atoms. The highest BCUT2D eigenvalue weighted by Gasteiger charge is 2.44. The number of aliphatic hydroxyl groups excluding tert-OH is 4. The molecular formula is C21H22O9. The number of allylic oxidation sites excluding steroid dienone is 1. The van der Waals surface area contributed by atoms with Crippen LogP contribution in [0.5, 0.6) is 17.2 Å². The Morgan fingerprint density at radius 3 is 2.33 bits per heavy atom. The smallest absolute Gasteiger partial charge is 0.229 e. The third kappa shape index (κ3) is 4.78. The Bertz CT molecular complexity index is 907. The number of benzene rings is 2. The molecule has 9 nitrogen and oxygen atoms in total. The molecule has 2 aromatic rings. The largest absolute Gasteiger partial charge is 0.508 e. The van der Waals surface area contributed by atoms with Gasteiger partial charge in [-0.25, -0.2) is 0 Å². The molecular weight excluding hydrogens is 396 g/mol. The van der Waals surface area contributed by atoms with Crippen LogP contribution in [-0.2, 0) is 4.74 Å². The lowest BCUT2D eigenvalue weighted by atomic mass is 9.99. The fourth-order valence-corrected chi connectivity index (χ4v) is 2.95. The Kier molecular flexibility index (Phi) is 6.70. The molecule has 0 spiro atoms. The minimum absolute atomic E-state index is 0.0478. The van der Waals surface area contributed by atoms with Gasteiger partial charge in [0.2, 0.25) is 6.29 Å². The summed E-state index contributed by atoms with van der Waals surface area (Å²) >= 11 is 0. The number of hydrogen-bond acceptors (Lipinski definition) is 9. The molecule has 0 unspecified atom stereocenters. The summed E-state index contributed by atoms with van der Waals surface area (Å²) in [7, 11) is 0. The average Bonchev–Trinajstić information content (AvgIpc) is 2.73. The summed E-state index contributed by atoms with van der Waals surface area (Å²) in [5.74, 6) is -0.635. The molecule has 5 atom stereocenters. The number of carbonyl (C=O) groups excluding carboxylic acids is 1. The van der Waals surface area contributed by atoms with Crippen LogP contribution in [0.25, 0.3) is 6.08 Å². The number of aliphatic hydroxyl groups is 4. The lowest BCUT2D eigenvalue weighted by Crippen LogP contribution is -2.60. The van der Waals surface area contributed by atoms with E-state index in [0.29, 0.717) is 11.3 Å². The summed E-state index contributed by atoms with van der Waals surface area (Å²) < 4.78 is 10.8. The van der Waals surface area contributed by atoms with Crippen LogP contribution in [-0.4, -0.2) is 73.7 Å². The predicted octanol–water partition coefficient (Wildman–Crippen LogP) is 0.173. The molecule has 1 aliphatic rings. The number of phenolic OH excluding ortho intramolecular Hbond substituents is 2. The lowest BCUT2D eigenvalue weighted by Gasteiger charge is -2.39. The SMILES string of the molecule is O=C(C=Cc1ccc(O[C@H]2O[C@@H](CO)[C@@H](O)[C@@H](O)[C@@H]2O)cc1)c1ccc(O)cc1O. The first-order valence-corrected chi connectivity index (χ1v) is 9.12. The number of ketones is 1. The van der Waals surface area contributed by atoms with Gasteiger partial charge < -0.3 is 40.1 Å². The maximum absolute atomic E-state index is 12.2. The first-order valence-electron chi connectivity index (χ1n) is 9.12. The van der Waals surface area contributed by atoms with Crippen molar-refractivity contribution >= 4 is 11.9 Å². The van der Waals surface area contributed by atoms with Crippen LogP contribution in [0.3, 0.4) is 0 Å². The van der Waals surface area contributed by atoms with Crippen molar-refractivity contribution in [2.24, 2.45) is 0 Å². The Balaban J connectivity index is 1.65. The van der Waals surface area contributed by atoms with Gasteiger partial charge >= 0.3 is 0 Å². The summed E-state index contributed by atoms with van der Waals surface area (Å²) in [6.45, 7) is -0.556. The van der Waals surface area contributed by atoms with Crippen molar-refractivity contribution in [3.8, 4) is 17.2 Å². The highest BCUT2D eigenvalue weighted by molar-refractivity contribution is 6.08. The molecule has 1 saturated heterocycles. The fourth-order valence-electron chi connectivity index (χ4n) is 2.95. The zero-order chi connectivity index (χ0) is 21.8. The topological polar surface area (TPSA) is 157 Å². The normalized spacial score (nSPS) is 26.6. The number of phenols is 2. The van der Waals surface area contributed by atoms with Crippen LogP contribution < -0.4 is 4.74 Å². The summed E-state index contributed by atoms with van der Waals surface area (Å²) in [5.41, 5.74) is 0.689. The van der Waals surface area contributed by atoms with E-state index in [2.05, 4.69) is 0 Å². The van der Waals surface area contributed by atoms with Crippen molar-refractivity contribution in [2.75, 3.05) is 6.61 Å². The van der Waals surface area contributed by atoms with Gasteiger partial charge in [-0.1, -0.05) is 18.2 Å². The highest BCUT2D eigenvalue weighted by Crippen LogP contribution is 2.25. The van der Waals surface area contributed by atoms with Gasteiger partial charge in [0, 0.05) is 6.07 Å². The van der Waals surface area contributed by atoms with E-state index in [1.165, 1.54) is 24.3 Å². The predicted molar refractivity (Wildman–Crippen MR) is 104 cm³/mol. The summed E-state index contributed by atoms with van der Waals surface area (Å²) in [6.07, 6.45) is -4.10. The van der Waals surface area contributed by atoms with Crippen molar-refractivity contribution in [3.05, 3.63) is 59.7 Å². The summed E-state index contributed by atoms with van der Waals surface area (Å²) in [5, 5.41) is 57.8. The van der Waals surface area contributed by atoms with E-state index in [9.17, 15) is 35.4 Å². The lowest BCUT2D eigenvalue weighted by molar-refractivity contribution is -0.277. The Hall–Kier alpha value is -2.95. The molecule has 2 aromatic carbocycles. The van der Waals surface area contributed by atoms with Gasteiger partial charge in [0.1, 0.15) is 41.7 Å². The maximum atomic E-state index is 12.2. The number of aromatic hydroxyl groups is 2. The standard InChI is InChI=1S/C21H22O9/c22-10-17-18(26)19(27)20(28)21(30-17)29-13-5-1-11(2-6-13)3-8-15(24)14-7-4-12(23)9-16(14)25/h1-9,17-23,25-28H,10H2/t17-,18+,19+,20-,21-/m0/s1. The van der Waals surface area contributed by atoms with Crippen LogP contribution in [0.4, 0.5) is 0 Å². The zero-order valence-electron chi connectivity index (χ0n) is 15.7. The van der Waals surface area contributed by atoms with Crippen molar-refractivity contribution in [1.29, 1.82) is 0 Å². The molecule has 1 heterocycles. The molecule has 160 valence electrons. The van der Waals surface area contributed by atoms with E-state index < -0.39 is 43.1 Å². The first-order chi connectivity index (χ1) is 14.3. The minimum atomic E-state index is -1.54. The average molecular weight is 418 g/mol. The van der Waals surface area contributed by atoms with E-state index in [1.807, 2.05) is 0 Å². The molecule has 30 heavy (non-hydrogen) atoms. The van der Waals surface area contributed by atoms with Crippen molar-refractivity contribution < 1.29 is 44.9 Å². The Labute approximate surface area is 171 Å². The molecule has 0 saturated carbocycles. The summed E-state index contributed by atoms with van der Waals surface area (Å²) in [4.78, 5) is 12.2. The van der Waals surface area contributed by atoms with Crippen LogP contribution in [0, 0.1) is 0 Å². The van der Waals surface area contributed by atoms with Crippen LogP contribution in [0.15, 0.2) is 48.5 Å². The molecule has 0 radical (unpaired) electrons. The molecule has 1 aliphatic heterocycles. The summed E-state index contributed by atoms with van der Waals surface area (Å²) in [6, 6.07) is 10.0. The van der Waals surface area contributed by atoms with Crippen LogP contribution in [0.2, 0.25) is 0 Å². The molecule has 9 heteroatoms. The van der Waals surface area contributed by atoms with E-state index in [1.54, 1.807) is 24.3 Å². The number of carbonyl (C=O) groups is 1. The van der Waals surface area contributed by atoms with Gasteiger partial charge in [-0.3, -0.25) is 4.79 Å². The van der Waals surface area contributed by atoms with E-state index in [-0.39, 0.29) is 17.1 Å². The number of hydrogen-bond donors (Lipinski definition) is 6. The second-order valence-electron chi connectivity index (χ2n) is 6.78. The van der Waals surface area contributed by atoms with Crippen molar-refractivity contribution in [3.63, 3.8) is 0 Å². The zero-order valence-corrected chi connectivity index (χ0v) is 15.7. The second kappa shape index (κ2) is 9.24. The third-order valence-electron chi connectivity index (χ3n) is 4.65. The fraction of sp³-hybridized carbons (Fsp3) is 0.286. The van der Waals surface area contributed by atoms with E-state index >= 15 is 0 Å². The molecule has 0 amide bonds.